The van der Waals surface area contributed by atoms with Crippen molar-refractivity contribution in [2.75, 3.05) is 11.9 Å². The summed E-state index contributed by atoms with van der Waals surface area (Å²) >= 11 is 12.1. The topological polar surface area (TPSA) is 44.4 Å². The molecule has 2 rings (SSSR count). The van der Waals surface area contributed by atoms with E-state index in [1.807, 2.05) is 0 Å². The van der Waals surface area contributed by atoms with Gasteiger partial charge in [-0.1, -0.05) is 35.7 Å². The molecule has 1 aliphatic heterocycles. The first-order valence-corrected chi connectivity index (χ1v) is 8.00. The Morgan fingerprint density at radius 3 is 2.38 bits per heavy atom. The van der Waals surface area contributed by atoms with Crippen LogP contribution >= 0.6 is 23.2 Å². The van der Waals surface area contributed by atoms with Crippen LogP contribution in [-0.2, 0) is 4.79 Å². The third-order valence-electron chi connectivity index (χ3n) is 3.84. The number of halogens is 2. The van der Waals surface area contributed by atoms with Gasteiger partial charge in [0.05, 0.1) is 22.3 Å². The Bertz CT molecular complexity index is 479. The van der Waals surface area contributed by atoms with Gasteiger partial charge in [-0.3, -0.25) is 4.79 Å². The maximum Gasteiger partial charge on any atom is 0.239 e. The molecule has 1 fully saturated rings. The van der Waals surface area contributed by atoms with Crippen molar-refractivity contribution in [3.05, 3.63) is 28.2 Å². The molecule has 1 aromatic rings. The molecule has 2 N–H and O–H groups in total. The van der Waals surface area contributed by atoms with Crippen molar-refractivity contribution in [3.8, 4) is 0 Å². The number of nitrogens with one attached hydrogen (secondary N) is 2. The van der Waals surface area contributed by atoms with E-state index in [-0.39, 0.29) is 12.5 Å². The summed E-state index contributed by atoms with van der Waals surface area (Å²) in [7, 11) is 0. The number of hydrogen-bond donors (Lipinski definition) is 2. The van der Waals surface area contributed by atoms with Crippen molar-refractivity contribution in [1.82, 2.24) is 10.4 Å². The van der Waals surface area contributed by atoms with Gasteiger partial charge >= 0.3 is 0 Å². The van der Waals surface area contributed by atoms with Crippen LogP contribution in [0.1, 0.15) is 33.1 Å². The molecular weight excluding hydrogens is 309 g/mol. The Morgan fingerprint density at radius 2 is 1.81 bits per heavy atom. The summed E-state index contributed by atoms with van der Waals surface area (Å²) in [5, 5.41) is 5.80. The van der Waals surface area contributed by atoms with Crippen LogP contribution in [0.2, 0.25) is 10.0 Å². The van der Waals surface area contributed by atoms with Crippen LogP contribution in [0.15, 0.2) is 18.2 Å². The van der Waals surface area contributed by atoms with Crippen LogP contribution < -0.4 is 10.7 Å². The van der Waals surface area contributed by atoms with Gasteiger partial charge in [0, 0.05) is 12.1 Å². The lowest BCUT2D eigenvalue weighted by molar-refractivity contribution is -0.117. The van der Waals surface area contributed by atoms with E-state index in [2.05, 4.69) is 29.6 Å². The first-order valence-electron chi connectivity index (χ1n) is 7.24. The quantitative estimate of drug-likeness (QED) is 0.885. The van der Waals surface area contributed by atoms with Crippen molar-refractivity contribution in [3.63, 3.8) is 0 Å². The molecule has 0 spiro atoms. The molecule has 116 valence electrons. The summed E-state index contributed by atoms with van der Waals surface area (Å²) in [4.78, 5) is 12.1. The summed E-state index contributed by atoms with van der Waals surface area (Å²) < 4.78 is 0. The van der Waals surface area contributed by atoms with E-state index in [1.54, 1.807) is 18.2 Å². The zero-order valence-corrected chi connectivity index (χ0v) is 13.8. The number of carbonyl (C=O) groups excluding carboxylic acids is 1. The Hall–Kier alpha value is -0.810. The minimum atomic E-state index is -0.157. The molecule has 0 saturated carbocycles. The number of hydrazine groups is 1. The Labute approximate surface area is 135 Å². The number of amides is 1. The summed E-state index contributed by atoms with van der Waals surface area (Å²) in [5.41, 5.74) is 3.68. The molecule has 1 heterocycles. The Balaban J connectivity index is 1.90. The van der Waals surface area contributed by atoms with Gasteiger partial charge in [-0.25, -0.2) is 10.4 Å². The van der Waals surface area contributed by atoms with Gasteiger partial charge in [0.1, 0.15) is 0 Å². The smallest absolute Gasteiger partial charge is 0.239 e. The van der Waals surface area contributed by atoms with Crippen molar-refractivity contribution in [1.29, 1.82) is 0 Å². The van der Waals surface area contributed by atoms with Crippen molar-refractivity contribution < 1.29 is 4.79 Å². The number of rotatable bonds is 4. The zero-order valence-electron chi connectivity index (χ0n) is 12.3. The van der Waals surface area contributed by atoms with Crippen LogP contribution in [0.25, 0.3) is 0 Å². The van der Waals surface area contributed by atoms with E-state index in [4.69, 9.17) is 23.2 Å². The molecule has 21 heavy (non-hydrogen) atoms. The van der Waals surface area contributed by atoms with Crippen LogP contribution in [-0.4, -0.2) is 29.5 Å². The first kappa shape index (κ1) is 16.6. The number of carbonyl (C=O) groups is 1. The van der Waals surface area contributed by atoms with Crippen LogP contribution in [0.3, 0.4) is 0 Å². The Kier molecular flexibility index (Phi) is 5.88. The molecule has 0 radical (unpaired) electrons. The number of hydrogen-bond acceptors (Lipinski definition) is 3. The second-order valence-electron chi connectivity index (χ2n) is 5.52. The van der Waals surface area contributed by atoms with E-state index < -0.39 is 0 Å². The highest BCUT2D eigenvalue weighted by Crippen LogP contribution is 2.29. The fourth-order valence-electron chi connectivity index (χ4n) is 2.70. The van der Waals surface area contributed by atoms with Crippen LogP contribution in [0.4, 0.5) is 5.69 Å². The molecular formula is C15H21Cl2N3O. The van der Waals surface area contributed by atoms with Gasteiger partial charge in [0.15, 0.2) is 0 Å². The molecule has 1 saturated heterocycles. The summed E-state index contributed by atoms with van der Waals surface area (Å²) in [6, 6.07) is 6.02. The molecule has 6 heteroatoms. The van der Waals surface area contributed by atoms with Crippen LogP contribution in [0.5, 0.6) is 0 Å². The number of para-hydroxylation sites is 1. The number of benzene rings is 1. The average molecular weight is 330 g/mol. The minimum absolute atomic E-state index is 0.157. The molecule has 1 amide bonds. The highest BCUT2D eigenvalue weighted by Gasteiger charge is 2.24. The molecule has 4 nitrogen and oxygen atoms in total. The fourth-order valence-corrected chi connectivity index (χ4v) is 3.19. The van der Waals surface area contributed by atoms with E-state index in [0.29, 0.717) is 27.8 Å². The van der Waals surface area contributed by atoms with E-state index in [9.17, 15) is 4.79 Å². The third kappa shape index (κ3) is 4.33. The second-order valence-corrected chi connectivity index (χ2v) is 6.33. The molecule has 0 bridgehead atoms. The molecule has 1 aromatic carbocycles. The zero-order chi connectivity index (χ0) is 15.4. The monoisotopic (exact) mass is 329 g/mol. The minimum Gasteiger partial charge on any atom is -0.322 e. The average Bonchev–Trinajstić information content (AvgIpc) is 2.42. The lowest BCUT2D eigenvalue weighted by atomic mass is 10.00. The molecule has 2 atom stereocenters. The molecule has 0 aromatic heterocycles. The SMILES string of the molecule is CC1CCCC(C)N1NCC(=O)Nc1c(Cl)cccc1Cl. The number of nitrogens with zero attached hydrogens (tertiary/aromatic N) is 1. The fraction of sp³-hybridized carbons (Fsp3) is 0.533. The van der Waals surface area contributed by atoms with Gasteiger partial charge in [-0.05, 0) is 38.8 Å². The molecule has 0 aliphatic carbocycles. The van der Waals surface area contributed by atoms with Gasteiger partial charge < -0.3 is 5.32 Å². The Morgan fingerprint density at radius 1 is 1.24 bits per heavy atom. The molecule has 2 unspecified atom stereocenters. The number of piperidine rings is 1. The van der Waals surface area contributed by atoms with E-state index >= 15 is 0 Å². The van der Waals surface area contributed by atoms with Crippen LogP contribution in [0, 0.1) is 0 Å². The van der Waals surface area contributed by atoms with Gasteiger partial charge in [-0.15, -0.1) is 0 Å². The normalized spacial score (nSPS) is 23.0. The summed E-state index contributed by atoms with van der Waals surface area (Å²) in [6.07, 6.45) is 3.53. The van der Waals surface area contributed by atoms with E-state index in [1.165, 1.54) is 6.42 Å². The van der Waals surface area contributed by atoms with Gasteiger partial charge in [-0.2, -0.15) is 0 Å². The predicted molar refractivity (Wildman–Crippen MR) is 87.7 cm³/mol. The largest absolute Gasteiger partial charge is 0.322 e. The molecule has 1 aliphatic rings. The standard InChI is InChI=1S/C15H21Cl2N3O/c1-10-5-3-6-11(2)20(10)18-9-14(21)19-15-12(16)7-4-8-13(15)17/h4,7-8,10-11,18H,3,5-6,9H2,1-2H3,(H,19,21). The van der Waals surface area contributed by atoms with Crippen molar-refractivity contribution in [2.45, 2.75) is 45.2 Å². The maximum atomic E-state index is 12.1. The first-order chi connectivity index (χ1) is 9.99. The summed E-state index contributed by atoms with van der Waals surface area (Å²) in [5.74, 6) is -0.157. The highest BCUT2D eigenvalue weighted by atomic mass is 35.5. The maximum absolute atomic E-state index is 12.1. The van der Waals surface area contributed by atoms with Crippen molar-refractivity contribution >= 4 is 34.8 Å². The van der Waals surface area contributed by atoms with E-state index in [0.717, 1.165) is 12.8 Å². The third-order valence-corrected chi connectivity index (χ3v) is 4.47. The second kappa shape index (κ2) is 7.45. The number of anilines is 1. The lowest BCUT2D eigenvalue weighted by Crippen LogP contribution is -2.53. The van der Waals surface area contributed by atoms with Crippen molar-refractivity contribution in [2.24, 2.45) is 0 Å². The van der Waals surface area contributed by atoms with Gasteiger partial charge in [0.2, 0.25) is 5.91 Å². The lowest BCUT2D eigenvalue weighted by Gasteiger charge is -2.38. The van der Waals surface area contributed by atoms with Gasteiger partial charge in [0.25, 0.3) is 0 Å². The highest BCUT2D eigenvalue weighted by molar-refractivity contribution is 6.39. The predicted octanol–water partition coefficient (Wildman–Crippen LogP) is 3.70. The summed E-state index contributed by atoms with van der Waals surface area (Å²) in [6.45, 7) is 4.55.